The van der Waals surface area contributed by atoms with Gasteiger partial charge in [-0.05, 0) is 34.6 Å². The fourth-order valence-corrected chi connectivity index (χ4v) is 1.68. The van der Waals surface area contributed by atoms with Crippen molar-refractivity contribution < 1.29 is 4.79 Å². The van der Waals surface area contributed by atoms with Crippen molar-refractivity contribution in [2.75, 3.05) is 18.4 Å². The second kappa shape index (κ2) is 6.42. The minimum atomic E-state index is -0.206. The number of carbonyl (C=O) groups is 1. The van der Waals surface area contributed by atoms with Gasteiger partial charge in [-0.2, -0.15) is 10.4 Å². The molecule has 0 saturated heterocycles. The van der Waals surface area contributed by atoms with Gasteiger partial charge in [0.05, 0.1) is 29.4 Å². The summed E-state index contributed by atoms with van der Waals surface area (Å²) in [7, 11) is 0. The van der Waals surface area contributed by atoms with Crippen LogP contribution in [0.4, 0.5) is 10.5 Å². The zero-order chi connectivity index (χ0) is 15.3. The monoisotopic (exact) mass is 277 g/mol. The highest BCUT2D eigenvalue weighted by molar-refractivity contribution is 5.89. The van der Waals surface area contributed by atoms with Gasteiger partial charge in [-0.3, -0.25) is 4.68 Å². The molecular weight excluding hydrogens is 254 g/mol. The van der Waals surface area contributed by atoms with Gasteiger partial charge >= 0.3 is 6.03 Å². The first kappa shape index (κ1) is 16.0. The Morgan fingerprint density at radius 2 is 2.25 bits per heavy atom. The maximum absolute atomic E-state index is 12.1. The number of urea groups is 1. The van der Waals surface area contributed by atoms with Crippen molar-refractivity contribution in [1.82, 2.24) is 14.7 Å². The second-order valence-corrected chi connectivity index (χ2v) is 5.84. The smallest absolute Gasteiger partial charge is 0.321 e. The van der Waals surface area contributed by atoms with Crippen LogP contribution in [0.3, 0.4) is 0 Å². The van der Waals surface area contributed by atoms with Crippen molar-refractivity contribution in [1.29, 1.82) is 5.26 Å². The van der Waals surface area contributed by atoms with Gasteiger partial charge < -0.3 is 10.2 Å². The number of anilines is 1. The summed E-state index contributed by atoms with van der Waals surface area (Å²) in [6.45, 7) is 10.8. The molecule has 0 aromatic carbocycles. The lowest BCUT2D eigenvalue weighted by molar-refractivity contribution is 0.210. The molecule has 6 nitrogen and oxygen atoms in total. The molecule has 0 bridgehead atoms. The largest absolute Gasteiger partial charge is 0.324 e. The number of rotatable bonds is 4. The van der Waals surface area contributed by atoms with E-state index < -0.39 is 0 Å². The van der Waals surface area contributed by atoms with Crippen LogP contribution in [-0.4, -0.2) is 33.8 Å². The molecule has 0 unspecified atom stereocenters. The summed E-state index contributed by atoms with van der Waals surface area (Å²) in [5.74, 6) is -0.182. The van der Waals surface area contributed by atoms with Crippen molar-refractivity contribution in [2.24, 2.45) is 5.92 Å². The highest BCUT2D eigenvalue weighted by Crippen LogP contribution is 2.16. The van der Waals surface area contributed by atoms with Crippen molar-refractivity contribution >= 4 is 11.7 Å². The number of nitriles is 1. The minimum Gasteiger partial charge on any atom is -0.324 e. The van der Waals surface area contributed by atoms with Crippen LogP contribution in [0, 0.1) is 17.2 Å². The summed E-state index contributed by atoms with van der Waals surface area (Å²) in [6.07, 6.45) is 3.43. The molecule has 0 saturated carbocycles. The fraction of sp³-hybridized carbons (Fsp3) is 0.643. The van der Waals surface area contributed by atoms with E-state index in [0.29, 0.717) is 18.8 Å². The normalized spacial score (nSPS) is 12.6. The van der Waals surface area contributed by atoms with Crippen molar-refractivity contribution in [3.63, 3.8) is 0 Å². The third-order valence-corrected chi connectivity index (χ3v) is 2.90. The predicted octanol–water partition coefficient (Wildman–Crippen LogP) is 2.65. The first-order valence-electron chi connectivity index (χ1n) is 6.78. The van der Waals surface area contributed by atoms with Crippen LogP contribution in [-0.2, 0) is 5.54 Å². The first-order valence-corrected chi connectivity index (χ1v) is 6.78. The molecule has 0 aliphatic carbocycles. The van der Waals surface area contributed by atoms with E-state index in [-0.39, 0.29) is 17.5 Å². The molecule has 20 heavy (non-hydrogen) atoms. The Morgan fingerprint density at radius 3 is 2.70 bits per heavy atom. The standard InChI is InChI=1S/C14H23N5O/c1-6-18(9-11(2)7-15)13(20)17-12-8-16-19(10-12)14(3,4)5/h8,10-11H,6,9H2,1-5H3,(H,17,20)/t11-/m0/s1. The molecule has 0 aliphatic heterocycles. The Bertz CT molecular complexity index is 494. The van der Waals surface area contributed by atoms with Crippen molar-refractivity contribution in [3.05, 3.63) is 12.4 Å². The second-order valence-electron chi connectivity index (χ2n) is 5.84. The average Bonchev–Trinajstić information content (AvgIpc) is 2.83. The van der Waals surface area contributed by atoms with E-state index >= 15 is 0 Å². The number of amides is 2. The van der Waals surface area contributed by atoms with Gasteiger partial charge in [-0.25, -0.2) is 4.79 Å². The van der Waals surface area contributed by atoms with E-state index in [4.69, 9.17) is 5.26 Å². The van der Waals surface area contributed by atoms with Gasteiger partial charge in [-0.15, -0.1) is 0 Å². The van der Waals surface area contributed by atoms with E-state index in [1.807, 2.05) is 27.7 Å². The molecule has 1 aromatic heterocycles. The molecule has 1 heterocycles. The summed E-state index contributed by atoms with van der Waals surface area (Å²) in [6, 6.07) is 1.93. The minimum absolute atomic E-state index is 0.122. The quantitative estimate of drug-likeness (QED) is 0.919. The molecule has 0 spiro atoms. The van der Waals surface area contributed by atoms with Gasteiger partial charge in [0.1, 0.15) is 0 Å². The SMILES string of the molecule is CCN(C[C@@H](C)C#N)C(=O)Nc1cnn(C(C)(C)C)c1. The molecule has 6 heteroatoms. The van der Waals surface area contributed by atoms with Crippen LogP contribution in [0.15, 0.2) is 12.4 Å². The van der Waals surface area contributed by atoms with Crippen LogP contribution in [0.25, 0.3) is 0 Å². The number of hydrogen-bond acceptors (Lipinski definition) is 3. The molecule has 1 aromatic rings. The molecule has 0 radical (unpaired) electrons. The summed E-state index contributed by atoms with van der Waals surface area (Å²) in [5.41, 5.74) is 0.538. The van der Waals surface area contributed by atoms with Gasteiger partial charge in [-0.1, -0.05) is 0 Å². The first-order chi connectivity index (χ1) is 9.27. The highest BCUT2D eigenvalue weighted by Gasteiger charge is 2.17. The van der Waals surface area contributed by atoms with Crippen LogP contribution in [0.2, 0.25) is 0 Å². The lowest BCUT2D eigenvalue weighted by Crippen LogP contribution is -2.37. The van der Waals surface area contributed by atoms with Crippen LogP contribution < -0.4 is 5.32 Å². The summed E-state index contributed by atoms with van der Waals surface area (Å²) in [4.78, 5) is 13.7. The van der Waals surface area contributed by atoms with Crippen LogP contribution in [0.5, 0.6) is 0 Å². The maximum Gasteiger partial charge on any atom is 0.321 e. The Hall–Kier alpha value is -2.03. The average molecular weight is 277 g/mol. The number of carbonyl (C=O) groups excluding carboxylic acids is 1. The summed E-state index contributed by atoms with van der Waals surface area (Å²) < 4.78 is 1.80. The molecule has 110 valence electrons. The molecule has 0 fully saturated rings. The number of aromatic nitrogens is 2. The number of nitrogens with zero attached hydrogens (tertiary/aromatic N) is 4. The zero-order valence-corrected chi connectivity index (χ0v) is 12.8. The lowest BCUT2D eigenvalue weighted by atomic mass is 10.1. The highest BCUT2D eigenvalue weighted by atomic mass is 16.2. The fourth-order valence-electron chi connectivity index (χ4n) is 1.68. The van der Waals surface area contributed by atoms with Gasteiger partial charge in [0, 0.05) is 19.3 Å². The van der Waals surface area contributed by atoms with E-state index in [2.05, 4.69) is 16.5 Å². The molecular formula is C14H23N5O. The van der Waals surface area contributed by atoms with Gasteiger partial charge in [0.25, 0.3) is 0 Å². The van der Waals surface area contributed by atoms with Gasteiger partial charge in [0.2, 0.25) is 0 Å². The number of hydrogen-bond donors (Lipinski definition) is 1. The molecule has 1 atom stereocenters. The molecule has 1 N–H and O–H groups in total. The summed E-state index contributed by atoms with van der Waals surface area (Å²) in [5, 5.41) is 15.9. The van der Waals surface area contributed by atoms with Crippen LogP contribution >= 0.6 is 0 Å². The Labute approximate surface area is 120 Å². The molecule has 2 amide bonds. The van der Waals surface area contributed by atoms with E-state index in [9.17, 15) is 4.79 Å². The third-order valence-electron chi connectivity index (χ3n) is 2.90. The summed E-state index contributed by atoms with van der Waals surface area (Å²) >= 11 is 0. The van der Waals surface area contributed by atoms with Crippen LogP contribution in [0.1, 0.15) is 34.6 Å². The van der Waals surface area contributed by atoms with Gasteiger partial charge in [0.15, 0.2) is 0 Å². The third kappa shape index (κ3) is 4.26. The predicted molar refractivity (Wildman–Crippen MR) is 78.3 cm³/mol. The Morgan fingerprint density at radius 1 is 1.60 bits per heavy atom. The zero-order valence-electron chi connectivity index (χ0n) is 12.8. The van der Waals surface area contributed by atoms with E-state index in [1.165, 1.54) is 0 Å². The lowest BCUT2D eigenvalue weighted by Gasteiger charge is -2.22. The molecule has 1 rings (SSSR count). The Balaban J connectivity index is 2.70. The van der Waals surface area contributed by atoms with Crippen molar-refractivity contribution in [2.45, 2.75) is 40.2 Å². The van der Waals surface area contributed by atoms with E-state index in [1.54, 1.807) is 28.9 Å². The maximum atomic E-state index is 12.1. The van der Waals surface area contributed by atoms with Crippen molar-refractivity contribution in [3.8, 4) is 6.07 Å². The number of nitrogens with one attached hydrogen (secondary N) is 1. The topological polar surface area (TPSA) is 74.0 Å². The Kier molecular flexibility index (Phi) is 5.14. The van der Waals surface area contributed by atoms with E-state index in [0.717, 1.165) is 0 Å². The molecule has 0 aliphatic rings.